The molecule has 1 heterocycles. The number of nitrogens with one attached hydrogen (secondary N) is 2. The fourth-order valence-corrected chi connectivity index (χ4v) is 4.09. The van der Waals surface area contributed by atoms with E-state index in [1.807, 2.05) is 36.4 Å². The summed E-state index contributed by atoms with van der Waals surface area (Å²) in [6.07, 6.45) is 0.481. The molecule has 5 nitrogen and oxygen atoms in total. The highest BCUT2D eigenvalue weighted by Gasteiger charge is 2.15. The lowest BCUT2D eigenvalue weighted by atomic mass is 10.1. The van der Waals surface area contributed by atoms with Crippen LogP contribution in [0.3, 0.4) is 0 Å². The minimum Gasteiger partial charge on any atom is -0.497 e. The molecule has 4 rings (SSSR count). The van der Waals surface area contributed by atoms with Crippen LogP contribution in [0.2, 0.25) is 0 Å². The Morgan fingerprint density at radius 3 is 2.79 bits per heavy atom. The summed E-state index contributed by atoms with van der Waals surface area (Å²) in [6, 6.07) is 17.4. The maximum Gasteiger partial charge on any atom is 0.251 e. The first kappa shape index (κ1) is 18.4. The third-order valence-corrected chi connectivity index (χ3v) is 5.74. The van der Waals surface area contributed by atoms with E-state index < -0.39 is 0 Å². The summed E-state index contributed by atoms with van der Waals surface area (Å²) in [5.74, 6) is 1.39. The Morgan fingerprint density at radius 2 is 1.93 bits per heavy atom. The molecule has 3 aromatic carbocycles. The molecule has 2 amide bonds. The Kier molecular flexibility index (Phi) is 5.21. The molecule has 3 aromatic rings. The van der Waals surface area contributed by atoms with Gasteiger partial charge in [-0.2, -0.15) is 0 Å². The van der Waals surface area contributed by atoms with Crippen LogP contribution in [0.4, 0.5) is 5.69 Å². The largest absolute Gasteiger partial charge is 0.497 e. The van der Waals surface area contributed by atoms with Crippen LogP contribution in [0.5, 0.6) is 5.75 Å². The number of hydrogen-bond acceptors (Lipinski definition) is 4. The van der Waals surface area contributed by atoms with E-state index in [-0.39, 0.29) is 11.8 Å². The Labute approximate surface area is 167 Å². The second kappa shape index (κ2) is 7.94. The molecule has 1 aliphatic heterocycles. The number of methoxy groups -OCH3 is 1. The fourth-order valence-electron chi connectivity index (χ4n) is 3.16. The van der Waals surface area contributed by atoms with E-state index in [0.717, 1.165) is 32.7 Å². The zero-order chi connectivity index (χ0) is 19.5. The van der Waals surface area contributed by atoms with Crippen molar-refractivity contribution in [1.82, 2.24) is 5.32 Å². The Morgan fingerprint density at radius 1 is 1.11 bits per heavy atom. The van der Waals surface area contributed by atoms with E-state index in [4.69, 9.17) is 4.74 Å². The summed E-state index contributed by atoms with van der Waals surface area (Å²) in [6.45, 7) is 0.430. The highest BCUT2D eigenvalue weighted by molar-refractivity contribution is 7.99. The molecule has 0 bridgehead atoms. The van der Waals surface area contributed by atoms with Crippen molar-refractivity contribution in [2.45, 2.75) is 17.9 Å². The molecule has 0 spiro atoms. The molecule has 0 saturated heterocycles. The van der Waals surface area contributed by atoms with Crippen LogP contribution in [-0.2, 0) is 11.3 Å². The smallest absolute Gasteiger partial charge is 0.251 e. The number of hydrogen-bond donors (Lipinski definition) is 2. The van der Waals surface area contributed by atoms with Crippen LogP contribution in [0.1, 0.15) is 22.3 Å². The van der Waals surface area contributed by atoms with Crippen molar-refractivity contribution in [1.29, 1.82) is 0 Å². The van der Waals surface area contributed by atoms with E-state index in [2.05, 4.69) is 16.7 Å². The number of fused-ring (bicyclic) bond motifs is 2. The van der Waals surface area contributed by atoms with Crippen molar-refractivity contribution in [3.05, 3.63) is 65.7 Å². The van der Waals surface area contributed by atoms with Gasteiger partial charge >= 0.3 is 0 Å². The molecule has 0 atom stereocenters. The number of rotatable bonds is 4. The van der Waals surface area contributed by atoms with Crippen LogP contribution in [0, 0.1) is 0 Å². The normalized spacial score (nSPS) is 13.4. The van der Waals surface area contributed by atoms with Crippen molar-refractivity contribution in [2.24, 2.45) is 0 Å². The van der Waals surface area contributed by atoms with Gasteiger partial charge in [0.15, 0.2) is 0 Å². The Bertz CT molecular complexity index is 1060. The van der Waals surface area contributed by atoms with E-state index in [9.17, 15) is 9.59 Å². The monoisotopic (exact) mass is 392 g/mol. The summed E-state index contributed by atoms with van der Waals surface area (Å²) in [4.78, 5) is 25.3. The van der Waals surface area contributed by atoms with Gasteiger partial charge in [-0.3, -0.25) is 9.59 Å². The summed E-state index contributed by atoms with van der Waals surface area (Å²) < 4.78 is 5.25. The molecule has 28 heavy (non-hydrogen) atoms. The van der Waals surface area contributed by atoms with Crippen LogP contribution in [-0.4, -0.2) is 24.7 Å². The standard InChI is InChI=1S/C22H20N2O3S/c1-27-18-6-4-15-10-14(2-3-16(15)11-18)13-23-22(26)17-5-7-20-19(12-17)24-21(25)8-9-28-20/h2-7,10-12H,8-9,13H2,1H3,(H,23,26)(H,24,25). The molecule has 142 valence electrons. The highest BCUT2D eigenvalue weighted by atomic mass is 32.2. The minimum absolute atomic E-state index is 0.0170. The lowest BCUT2D eigenvalue weighted by Gasteiger charge is -2.10. The molecule has 0 aromatic heterocycles. The van der Waals surface area contributed by atoms with Gasteiger partial charge in [-0.25, -0.2) is 0 Å². The number of carbonyl (C=O) groups is 2. The second-order valence-corrected chi connectivity index (χ2v) is 7.72. The summed E-state index contributed by atoms with van der Waals surface area (Å²) in [5.41, 5.74) is 2.26. The number of amides is 2. The highest BCUT2D eigenvalue weighted by Crippen LogP contribution is 2.31. The zero-order valence-corrected chi connectivity index (χ0v) is 16.3. The van der Waals surface area contributed by atoms with Gasteiger partial charge in [-0.1, -0.05) is 18.2 Å². The zero-order valence-electron chi connectivity index (χ0n) is 15.5. The number of anilines is 1. The molecule has 2 N–H and O–H groups in total. The average Bonchev–Trinajstić information content (AvgIpc) is 2.91. The van der Waals surface area contributed by atoms with Crippen molar-refractivity contribution < 1.29 is 14.3 Å². The van der Waals surface area contributed by atoms with Gasteiger partial charge in [0.25, 0.3) is 5.91 Å². The van der Waals surface area contributed by atoms with Crippen molar-refractivity contribution in [2.75, 3.05) is 18.2 Å². The predicted molar refractivity (Wildman–Crippen MR) is 112 cm³/mol. The van der Waals surface area contributed by atoms with Gasteiger partial charge in [0.2, 0.25) is 5.91 Å². The van der Waals surface area contributed by atoms with Crippen molar-refractivity contribution >= 4 is 40.0 Å². The van der Waals surface area contributed by atoms with Gasteiger partial charge in [0.05, 0.1) is 12.8 Å². The van der Waals surface area contributed by atoms with Crippen LogP contribution in [0.25, 0.3) is 10.8 Å². The summed E-state index contributed by atoms with van der Waals surface area (Å²) >= 11 is 1.62. The summed E-state index contributed by atoms with van der Waals surface area (Å²) in [7, 11) is 1.65. The number of benzene rings is 3. The van der Waals surface area contributed by atoms with Gasteiger partial charge < -0.3 is 15.4 Å². The van der Waals surface area contributed by atoms with E-state index in [1.165, 1.54) is 0 Å². The maximum absolute atomic E-state index is 12.6. The van der Waals surface area contributed by atoms with Crippen LogP contribution < -0.4 is 15.4 Å². The maximum atomic E-state index is 12.6. The molecular formula is C22H20N2O3S. The molecular weight excluding hydrogens is 372 g/mol. The van der Waals surface area contributed by atoms with Crippen molar-refractivity contribution in [3.8, 4) is 5.75 Å². The second-order valence-electron chi connectivity index (χ2n) is 6.59. The molecule has 1 aliphatic rings. The third-order valence-electron chi connectivity index (χ3n) is 4.67. The van der Waals surface area contributed by atoms with E-state index in [1.54, 1.807) is 31.0 Å². The Hall–Kier alpha value is -2.99. The molecule has 0 saturated carbocycles. The quantitative estimate of drug-likeness (QED) is 0.698. The molecule has 0 radical (unpaired) electrons. The first-order valence-electron chi connectivity index (χ1n) is 9.04. The van der Waals surface area contributed by atoms with Gasteiger partial charge in [0, 0.05) is 29.2 Å². The third kappa shape index (κ3) is 3.97. The first-order valence-corrected chi connectivity index (χ1v) is 10.0. The summed E-state index contributed by atoms with van der Waals surface area (Å²) in [5, 5.41) is 8.01. The van der Waals surface area contributed by atoms with Crippen molar-refractivity contribution in [3.63, 3.8) is 0 Å². The lowest BCUT2D eigenvalue weighted by molar-refractivity contribution is -0.115. The van der Waals surface area contributed by atoms with Gasteiger partial charge in [-0.15, -0.1) is 11.8 Å². The number of thioether (sulfide) groups is 1. The molecule has 0 fully saturated rings. The Balaban J connectivity index is 1.47. The van der Waals surface area contributed by atoms with Crippen LogP contribution >= 0.6 is 11.8 Å². The number of carbonyl (C=O) groups excluding carboxylic acids is 2. The first-order chi connectivity index (χ1) is 13.6. The van der Waals surface area contributed by atoms with E-state index >= 15 is 0 Å². The molecule has 0 unspecified atom stereocenters. The average molecular weight is 392 g/mol. The van der Waals surface area contributed by atoms with Gasteiger partial charge in [0.1, 0.15) is 5.75 Å². The molecule has 6 heteroatoms. The van der Waals surface area contributed by atoms with E-state index in [0.29, 0.717) is 24.2 Å². The lowest BCUT2D eigenvalue weighted by Crippen LogP contribution is -2.23. The van der Waals surface area contributed by atoms with Gasteiger partial charge in [-0.05, 0) is 52.7 Å². The topological polar surface area (TPSA) is 67.4 Å². The number of ether oxygens (including phenoxy) is 1. The minimum atomic E-state index is -0.166. The molecule has 0 aliphatic carbocycles. The van der Waals surface area contributed by atoms with Crippen LogP contribution in [0.15, 0.2) is 59.5 Å². The SMILES string of the molecule is COc1ccc2cc(CNC(=O)c3ccc4c(c3)NC(=O)CCS4)ccc2c1. The fraction of sp³-hybridized carbons (Fsp3) is 0.182. The predicted octanol–water partition coefficient (Wildman–Crippen LogP) is 4.21.